The molecule has 0 aromatic rings. The molecule has 6 heteroatoms. The average molecular weight is 139 g/mol. The van der Waals surface area contributed by atoms with Gasteiger partial charge in [0.25, 0.3) is 0 Å². The van der Waals surface area contributed by atoms with Crippen LogP contribution in [0.1, 0.15) is 0 Å². The number of aliphatic hydroxyl groups is 1. The lowest BCUT2D eigenvalue weighted by atomic mass is 10.8. The van der Waals surface area contributed by atoms with Gasteiger partial charge < -0.3 is 5.11 Å². The zero-order valence-corrected chi connectivity index (χ0v) is 4.67. The predicted octanol–water partition coefficient (Wildman–Crippen LogP) is -0.828. The Morgan fingerprint density at radius 2 is 2.25 bits per heavy atom. The van der Waals surface area contributed by atoms with E-state index in [9.17, 15) is 9.36 Å². The third kappa shape index (κ3) is 3.67. The second-order valence-electron chi connectivity index (χ2n) is 0.859. The average Bonchev–Trinajstić information content (AvgIpc) is 1.65. The molecule has 0 aromatic carbocycles. The van der Waals surface area contributed by atoms with Crippen molar-refractivity contribution in [3.63, 3.8) is 0 Å². The Bertz CT molecular complexity index is 109. The number of aliphatic hydroxyl groups excluding tert-OH is 1. The highest BCUT2D eigenvalue weighted by Crippen LogP contribution is 2.13. The first-order chi connectivity index (χ1) is 3.66. The molecule has 0 aliphatic rings. The van der Waals surface area contributed by atoms with Gasteiger partial charge >= 0.3 is 14.2 Å². The van der Waals surface area contributed by atoms with Crippen LogP contribution < -0.4 is 0 Å². The topological polar surface area (TPSA) is 83.8 Å². The molecular formula is C2H4O5P+. The summed E-state index contributed by atoms with van der Waals surface area (Å²) in [6.07, 6.45) is 0. The number of hydrogen-bond acceptors (Lipinski definition) is 4. The van der Waals surface area contributed by atoms with Crippen LogP contribution in [0.2, 0.25) is 0 Å². The van der Waals surface area contributed by atoms with E-state index < -0.39 is 20.8 Å². The summed E-state index contributed by atoms with van der Waals surface area (Å²) in [5, 5.41) is 7.87. The minimum atomic E-state index is -2.91. The molecule has 0 heterocycles. The van der Waals surface area contributed by atoms with Crippen LogP contribution in [0.15, 0.2) is 0 Å². The summed E-state index contributed by atoms with van der Waals surface area (Å²) < 4.78 is 13.1. The van der Waals surface area contributed by atoms with Crippen LogP contribution in [0.25, 0.3) is 0 Å². The van der Waals surface area contributed by atoms with Gasteiger partial charge in [-0.15, -0.1) is 4.89 Å². The van der Waals surface area contributed by atoms with Gasteiger partial charge in [-0.2, -0.15) is 4.52 Å². The number of carbonyl (C=O) groups excluding carboxylic acids is 1. The van der Waals surface area contributed by atoms with Crippen molar-refractivity contribution in [1.29, 1.82) is 0 Å². The van der Waals surface area contributed by atoms with E-state index in [-0.39, 0.29) is 0 Å². The molecule has 5 nitrogen and oxygen atoms in total. The lowest BCUT2D eigenvalue weighted by molar-refractivity contribution is -0.137. The van der Waals surface area contributed by atoms with Crippen molar-refractivity contribution in [2.75, 3.05) is 6.61 Å². The lowest BCUT2D eigenvalue weighted by Crippen LogP contribution is -2.03. The Kier molecular flexibility index (Phi) is 3.26. The quantitative estimate of drug-likeness (QED) is 0.488. The van der Waals surface area contributed by atoms with E-state index in [1.165, 1.54) is 0 Å². The van der Waals surface area contributed by atoms with Crippen molar-refractivity contribution in [2.45, 2.75) is 0 Å². The van der Waals surface area contributed by atoms with Gasteiger partial charge in [-0.25, -0.2) is 4.79 Å². The Labute approximate surface area is 45.8 Å². The molecule has 0 aliphatic carbocycles. The maximum absolute atomic E-state index is 9.81. The smallest absolute Gasteiger partial charge is 0.384 e. The molecule has 46 valence electrons. The highest BCUT2D eigenvalue weighted by Gasteiger charge is 2.18. The third-order valence-electron chi connectivity index (χ3n) is 0.309. The lowest BCUT2D eigenvalue weighted by Gasteiger charge is -1.78. The molecule has 0 radical (unpaired) electrons. The van der Waals surface area contributed by atoms with Gasteiger partial charge in [0.05, 0.1) is 0 Å². The molecule has 0 aromatic heterocycles. The molecule has 0 aliphatic heterocycles. The standard InChI is InChI=1S/C2H3O5P/c3-1-2(4)7-8(5)6/h3H,1H2/p+1. The van der Waals surface area contributed by atoms with Gasteiger partial charge in [0.1, 0.15) is 6.61 Å². The summed E-state index contributed by atoms with van der Waals surface area (Å²) in [6.45, 7) is -0.873. The van der Waals surface area contributed by atoms with Crippen LogP contribution in [-0.2, 0) is 13.9 Å². The zero-order chi connectivity index (χ0) is 6.57. The molecule has 2 N–H and O–H groups in total. The van der Waals surface area contributed by atoms with Crippen molar-refractivity contribution in [1.82, 2.24) is 0 Å². The second-order valence-corrected chi connectivity index (χ2v) is 1.52. The maximum atomic E-state index is 9.81. The fourth-order valence-corrected chi connectivity index (χ4v) is 0.348. The molecule has 0 spiro atoms. The monoisotopic (exact) mass is 139 g/mol. The first kappa shape index (κ1) is 7.49. The molecule has 0 rings (SSSR count). The van der Waals surface area contributed by atoms with Crippen molar-refractivity contribution in [3.8, 4) is 0 Å². The molecule has 1 unspecified atom stereocenters. The maximum Gasteiger partial charge on any atom is 0.750 e. The Balaban J connectivity index is 3.40. The molecular weight excluding hydrogens is 135 g/mol. The Hall–Kier alpha value is -0.510. The summed E-state index contributed by atoms with van der Waals surface area (Å²) in [5.41, 5.74) is 0. The minimum absolute atomic E-state index is 0.873. The Morgan fingerprint density at radius 3 is 2.38 bits per heavy atom. The highest BCUT2D eigenvalue weighted by atomic mass is 31.1. The second kappa shape index (κ2) is 3.49. The zero-order valence-electron chi connectivity index (χ0n) is 3.77. The molecule has 8 heavy (non-hydrogen) atoms. The summed E-state index contributed by atoms with van der Waals surface area (Å²) in [4.78, 5) is 17.6. The van der Waals surface area contributed by atoms with Crippen molar-refractivity contribution in [2.24, 2.45) is 0 Å². The van der Waals surface area contributed by atoms with E-state index in [2.05, 4.69) is 4.52 Å². The van der Waals surface area contributed by atoms with E-state index in [1.807, 2.05) is 0 Å². The van der Waals surface area contributed by atoms with Crippen LogP contribution in [0.4, 0.5) is 0 Å². The largest absolute Gasteiger partial charge is 0.750 e. The summed E-state index contributed by atoms with van der Waals surface area (Å²) >= 11 is 0. The molecule has 0 bridgehead atoms. The molecule has 0 amide bonds. The van der Waals surface area contributed by atoms with E-state index in [1.54, 1.807) is 0 Å². The fraction of sp³-hybridized carbons (Fsp3) is 0.500. The van der Waals surface area contributed by atoms with E-state index in [4.69, 9.17) is 10.00 Å². The van der Waals surface area contributed by atoms with E-state index in [0.717, 1.165) is 0 Å². The van der Waals surface area contributed by atoms with Crippen LogP contribution in [0.3, 0.4) is 0 Å². The van der Waals surface area contributed by atoms with Crippen LogP contribution in [0.5, 0.6) is 0 Å². The predicted molar refractivity (Wildman–Crippen MR) is 23.0 cm³/mol. The molecule has 0 saturated heterocycles. The van der Waals surface area contributed by atoms with Gasteiger partial charge in [-0.05, 0) is 0 Å². The number of rotatable bonds is 2. The minimum Gasteiger partial charge on any atom is -0.384 e. The molecule has 1 atom stereocenters. The third-order valence-corrected chi connectivity index (χ3v) is 0.669. The fourth-order valence-electron chi connectivity index (χ4n) is 0.116. The number of hydrogen-bond donors (Lipinski definition) is 2. The van der Waals surface area contributed by atoms with Gasteiger partial charge in [0.15, 0.2) is 0 Å². The summed E-state index contributed by atoms with van der Waals surface area (Å²) in [7, 11) is -2.91. The SMILES string of the molecule is O=C(CO)O[P+](=O)O. The normalized spacial score (nSPS) is 10.5. The highest BCUT2D eigenvalue weighted by molar-refractivity contribution is 7.32. The van der Waals surface area contributed by atoms with Crippen LogP contribution >= 0.6 is 8.25 Å². The van der Waals surface area contributed by atoms with Gasteiger partial charge in [-0.3, -0.25) is 0 Å². The van der Waals surface area contributed by atoms with Crippen LogP contribution in [0, 0.1) is 0 Å². The summed E-state index contributed by atoms with van der Waals surface area (Å²) in [5.74, 6) is -1.10. The number of carbonyl (C=O) groups is 1. The summed E-state index contributed by atoms with van der Waals surface area (Å²) in [6, 6.07) is 0. The van der Waals surface area contributed by atoms with E-state index in [0.29, 0.717) is 0 Å². The molecule has 0 fully saturated rings. The van der Waals surface area contributed by atoms with Crippen LogP contribution in [-0.4, -0.2) is 22.6 Å². The van der Waals surface area contributed by atoms with Crippen molar-refractivity contribution >= 4 is 14.2 Å². The van der Waals surface area contributed by atoms with Gasteiger partial charge in [0.2, 0.25) is 0 Å². The molecule has 0 saturated carbocycles. The van der Waals surface area contributed by atoms with E-state index >= 15 is 0 Å². The first-order valence-corrected chi connectivity index (χ1v) is 2.77. The van der Waals surface area contributed by atoms with Crippen molar-refractivity contribution in [3.05, 3.63) is 0 Å². The van der Waals surface area contributed by atoms with Gasteiger partial charge in [-0.1, -0.05) is 0 Å². The first-order valence-electron chi connectivity index (χ1n) is 1.64. The van der Waals surface area contributed by atoms with Gasteiger partial charge in [0, 0.05) is 4.57 Å². The van der Waals surface area contributed by atoms with Crippen molar-refractivity contribution < 1.29 is 23.9 Å². The Morgan fingerprint density at radius 1 is 1.75 bits per heavy atom.